The van der Waals surface area contributed by atoms with Gasteiger partial charge in [-0.1, -0.05) is 84.6 Å². The third-order valence-corrected chi connectivity index (χ3v) is 6.60. The maximum absolute atomic E-state index is 11.9. The molecule has 1 aliphatic heterocycles. The summed E-state index contributed by atoms with van der Waals surface area (Å²) in [5.74, 6) is 6.54. The van der Waals surface area contributed by atoms with E-state index in [2.05, 4.69) is 102 Å². The molecule has 1 heterocycles. The molecule has 5 nitrogen and oxygen atoms in total. The van der Waals surface area contributed by atoms with Gasteiger partial charge >= 0.3 is 6.03 Å². The minimum atomic E-state index is -0.161. The van der Waals surface area contributed by atoms with Crippen LogP contribution in [0.3, 0.4) is 0 Å². The van der Waals surface area contributed by atoms with E-state index >= 15 is 0 Å². The number of carbonyl (C=O) groups is 1. The molecule has 5 heteroatoms. The molecule has 1 saturated heterocycles. The highest BCUT2D eigenvalue weighted by molar-refractivity contribution is 6.12. The summed E-state index contributed by atoms with van der Waals surface area (Å²) in [6.45, 7) is 0. The fourth-order valence-electron chi connectivity index (χ4n) is 4.72. The van der Waals surface area contributed by atoms with Gasteiger partial charge in [-0.25, -0.2) is 15.6 Å². The predicted molar refractivity (Wildman–Crippen MR) is 149 cm³/mol. The Kier molecular flexibility index (Phi) is 5.82. The SMILES string of the molecule is CN1N[C](c2ccc(C#Cc3ccc(-c4c5ccccc5cc5ccccc45)cc3)cc2)NN(C)C1=O. The van der Waals surface area contributed by atoms with Crippen LogP contribution in [0.25, 0.3) is 32.7 Å². The molecular weight excluding hydrogens is 456 g/mol. The first kappa shape index (κ1) is 22.8. The molecule has 179 valence electrons. The number of benzene rings is 5. The molecule has 2 N–H and O–H groups in total. The molecule has 0 aromatic heterocycles. The van der Waals surface area contributed by atoms with Crippen LogP contribution in [-0.2, 0) is 0 Å². The Labute approximate surface area is 216 Å². The van der Waals surface area contributed by atoms with E-state index in [1.54, 1.807) is 14.1 Å². The number of fused-ring (bicyclic) bond motifs is 2. The largest absolute Gasteiger partial charge is 0.348 e. The minimum Gasteiger partial charge on any atom is -0.259 e. The van der Waals surface area contributed by atoms with Gasteiger partial charge < -0.3 is 0 Å². The lowest BCUT2D eigenvalue weighted by atomic mass is 9.92. The van der Waals surface area contributed by atoms with Crippen molar-refractivity contribution < 1.29 is 4.79 Å². The van der Waals surface area contributed by atoms with Crippen molar-refractivity contribution >= 4 is 27.6 Å². The molecule has 1 fully saturated rings. The van der Waals surface area contributed by atoms with Gasteiger partial charge in [-0.05, 0) is 68.6 Å². The summed E-state index contributed by atoms with van der Waals surface area (Å²) >= 11 is 0. The van der Waals surface area contributed by atoms with Crippen LogP contribution < -0.4 is 10.9 Å². The number of hydrazine groups is 2. The zero-order valence-electron chi connectivity index (χ0n) is 20.6. The van der Waals surface area contributed by atoms with E-state index in [4.69, 9.17) is 0 Å². The van der Waals surface area contributed by atoms with Gasteiger partial charge in [0.25, 0.3) is 0 Å². The highest BCUT2D eigenvalue weighted by Gasteiger charge is 2.27. The molecule has 37 heavy (non-hydrogen) atoms. The summed E-state index contributed by atoms with van der Waals surface area (Å²) in [7, 11) is 3.38. The Hall–Kier alpha value is -4.63. The van der Waals surface area contributed by atoms with Crippen LogP contribution in [0.2, 0.25) is 0 Å². The van der Waals surface area contributed by atoms with Gasteiger partial charge in [0.2, 0.25) is 0 Å². The van der Waals surface area contributed by atoms with Crippen LogP contribution in [0.15, 0.2) is 103 Å². The molecule has 5 aromatic carbocycles. The molecule has 0 unspecified atom stereocenters. The highest BCUT2D eigenvalue weighted by atomic mass is 16.2. The van der Waals surface area contributed by atoms with Crippen molar-refractivity contribution in [2.24, 2.45) is 0 Å². The molecule has 5 aromatic rings. The number of carbonyl (C=O) groups excluding carboxylic acids is 1. The Bertz CT molecular complexity index is 1610. The van der Waals surface area contributed by atoms with E-state index in [0.717, 1.165) is 22.9 Å². The highest BCUT2D eigenvalue weighted by Crippen LogP contribution is 2.36. The number of hydrogen-bond donors (Lipinski definition) is 2. The summed E-state index contributed by atoms with van der Waals surface area (Å²) < 4.78 is 0. The van der Waals surface area contributed by atoms with Crippen molar-refractivity contribution in [3.63, 3.8) is 0 Å². The summed E-state index contributed by atoms with van der Waals surface area (Å²) in [5.41, 5.74) is 11.3. The van der Waals surface area contributed by atoms with Gasteiger partial charge in [0, 0.05) is 25.2 Å². The number of urea groups is 1. The summed E-state index contributed by atoms with van der Waals surface area (Å²) in [6, 6.07) is 35.6. The van der Waals surface area contributed by atoms with Crippen molar-refractivity contribution in [3.05, 3.63) is 126 Å². The summed E-state index contributed by atoms with van der Waals surface area (Å²) in [4.78, 5) is 11.9. The van der Waals surface area contributed by atoms with Crippen molar-refractivity contribution in [1.82, 2.24) is 20.9 Å². The summed E-state index contributed by atoms with van der Waals surface area (Å²) in [6.07, 6.45) is 0.737. The van der Waals surface area contributed by atoms with Gasteiger partial charge in [-0.15, -0.1) is 0 Å². The number of hydrogen-bond acceptors (Lipinski definition) is 3. The average molecular weight is 482 g/mol. The maximum Gasteiger partial charge on any atom is 0.348 e. The van der Waals surface area contributed by atoms with Gasteiger partial charge in [0.15, 0.2) is 6.17 Å². The lowest BCUT2D eigenvalue weighted by Crippen LogP contribution is -2.62. The Morgan fingerprint density at radius 3 is 1.57 bits per heavy atom. The van der Waals surface area contributed by atoms with E-state index in [1.165, 1.54) is 42.7 Å². The molecule has 0 atom stereocenters. The van der Waals surface area contributed by atoms with Gasteiger partial charge in [-0.3, -0.25) is 10.0 Å². The van der Waals surface area contributed by atoms with Crippen LogP contribution in [0.1, 0.15) is 16.7 Å². The molecule has 0 saturated carbocycles. The Balaban J connectivity index is 1.25. The zero-order valence-corrected chi connectivity index (χ0v) is 20.6. The first-order valence-corrected chi connectivity index (χ1v) is 12.1. The van der Waals surface area contributed by atoms with E-state index in [9.17, 15) is 4.79 Å². The molecule has 1 radical (unpaired) electrons. The summed E-state index contributed by atoms with van der Waals surface area (Å²) in [5, 5.41) is 7.85. The first-order valence-electron chi connectivity index (χ1n) is 12.1. The number of nitrogens with zero attached hydrogens (tertiary/aromatic N) is 2. The van der Waals surface area contributed by atoms with Gasteiger partial charge in [0.05, 0.1) is 0 Å². The van der Waals surface area contributed by atoms with E-state index in [-0.39, 0.29) is 6.03 Å². The van der Waals surface area contributed by atoms with Gasteiger partial charge in [-0.2, -0.15) is 0 Å². The van der Waals surface area contributed by atoms with Crippen LogP contribution in [0.4, 0.5) is 4.79 Å². The van der Waals surface area contributed by atoms with Crippen molar-refractivity contribution in [2.45, 2.75) is 0 Å². The second-order valence-electron chi connectivity index (χ2n) is 9.10. The molecule has 2 amide bonds. The van der Waals surface area contributed by atoms with Crippen molar-refractivity contribution in [1.29, 1.82) is 0 Å². The number of rotatable bonds is 2. The average Bonchev–Trinajstić information content (AvgIpc) is 2.94. The maximum atomic E-state index is 11.9. The van der Waals surface area contributed by atoms with Crippen molar-refractivity contribution in [2.75, 3.05) is 14.1 Å². The molecule has 6 rings (SSSR count). The second-order valence-corrected chi connectivity index (χ2v) is 9.10. The lowest BCUT2D eigenvalue weighted by Gasteiger charge is -2.37. The third-order valence-electron chi connectivity index (χ3n) is 6.60. The second kappa shape index (κ2) is 9.44. The molecule has 0 spiro atoms. The fourth-order valence-corrected chi connectivity index (χ4v) is 4.72. The number of amides is 2. The first-order chi connectivity index (χ1) is 18.1. The van der Waals surface area contributed by atoms with Gasteiger partial charge in [0.1, 0.15) is 0 Å². The zero-order chi connectivity index (χ0) is 25.4. The molecule has 1 aliphatic rings. The fraction of sp³-hybridized carbons (Fsp3) is 0.0625. The van der Waals surface area contributed by atoms with Crippen LogP contribution in [0.5, 0.6) is 0 Å². The predicted octanol–water partition coefficient (Wildman–Crippen LogP) is 5.90. The topological polar surface area (TPSA) is 47.6 Å². The molecule has 0 aliphatic carbocycles. The quantitative estimate of drug-likeness (QED) is 0.244. The minimum absolute atomic E-state index is 0.161. The normalized spacial score (nSPS) is 14.2. The van der Waals surface area contributed by atoms with E-state index in [1.807, 2.05) is 24.3 Å². The van der Waals surface area contributed by atoms with E-state index < -0.39 is 0 Å². The van der Waals surface area contributed by atoms with Crippen LogP contribution in [-0.4, -0.2) is 30.1 Å². The lowest BCUT2D eigenvalue weighted by molar-refractivity contribution is 0.100. The monoisotopic (exact) mass is 481 g/mol. The Morgan fingerprint density at radius 1 is 0.595 bits per heavy atom. The molecule has 0 bridgehead atoms. The molecular formula is C32H25N4O. The van der Waals surface area contributed by atoms with Crippen LogP contribution in [0, 0.1) is 18.0 Å². The van der Waals surface area contributed by atoms with Crippen molar-refractivity contribution in [3.8, 4) is 23.0 Å². The third kappa shape index (κ3) is 4.41. The Morgan fingerprint density at radius 2 is 1.05 bits per heavy atom. The van der Waals surface area contributed by atoms with E-state index in [0.29, 0.717) is 0 Å². The standard InChI is InChI=1S/C32H25N4O/c1-35-32(37)36(2)34-31(33-35)25-19-15-23(16-20-25)12-11-22-13-17-24(18-14-22)30-28-9-5-3-7-26(28)21-27-8-4-6-10-29(27)30/h3-10,13-21,33-34H,1-2H3. The smallest absolute Gasteiger partial charge is 0.259 e. The number of nitrogens with one attached hydrogen (secondary N) is 2. The van der Waals surface area contributed by atoms with Crippen LogP contribution >= 0.6 is 0 Å².